The van der Waals surface area contributed by atoms with Crippen molar-refractivity contribution in [3.63, 3.8) is 0 Å². The van der Waals surface area contributed by atoms with Gasteiger partial charge in [-0.3, -0.25) is 0 Å². The lowest BCUT2D eigenvalue weighted by Crippen LogP contribution is -2.12. The number of tetrazole rings is 1. The second kappa shape index (κ2) is 4.74. The van der Waals surface area contributed by atoms with E-state index < -0.39 is 0 Å². The van der Waals surface area contributed by atoms with Gasteiger partial charge in [-0.2, -0.15) is 0 Å². The molecule has 1 aromatic carbocycles. The molecule has 2 N–H and O–H groups in total. The smallest absolute Gasteiger partial charge is 0.182 e. The Hall–Kier alpha value is -1.62. The molecule has 5 nitrogen and oxygen atoms in total. The third kappa shape index (κ3) is 2.38. The Morgan fingerprint density at radius 2 is 2.20 bits per heavy atom. The van der Waals surface area contributed by atoms with Gasteiger partial charge in [-0.05, 0) is 53.3 Å². The number of nitrogens with two attached hydrogens (primary N) is 1. The van der Waals surface area contributed by atoms with E-state index in [0.717, 1.165) is 24.2 Å². The normalized spacial score (nSPS) is 21.2. The topological polar surface area (TPSA) is 69.6 Å². The van der Waals surface area contributed by atoms with Gasteiger partial charge < -0.3 is 5.73 Å². The molecule has 0 spiro atoms. The first kappa shape index (κ1) is 13.4. The lowest BCUT2D eigenvalue weighted by atomic mass is 9.92. The molecular weight excluding hydrogens is 274 g/mol. The molecule has 1 saturated carbocycles. The van der Waals surface area contributed by atoms with Crippen LogP contribution < -0.4 is 5.73 Å². The molecular formula is C14H18ClN5. The Kier molecular flexibility index (Phi) is 3.17. The molecule has 0 radical (unpaired) electrons. The first-order valence-corrected chi connectivity index (χ1v) is 7.17. The van der Waals surface area contributed by atoms with Crippen LogP contribution >= 0.6 is 11.6 Å². The van der Waals surface area contributed by atoms with Crippen molar-refractivity contribution in [3.8, 4) is 11.4 Å². The van der Waals surface area contributed by atoms with Gasteiger partial charge in [0, 0.05) is 5.56 Å². The van der Waals surface area contributed by atoms with Gasteiger partial charge in [0.05, 0.1) is 16.8 Å². The molecule has 1 aliphatic carbocycles. The number of hydrogen-bond acceptors (Lipinski definition) is 4. The number of nitrogen functional groups attached to an aromatic ring is 1. The second-order valence-corrected chi connectivity index (χ2v) is 6.65. The molecule has 1 aromatic heterocycles. The minimum atomic E-state index is 0.353. The summed E-state index contributed by atoms with van der Waals surface area (Å²) in [5, 5.41) is 12.7. The lowest BCUT2D eigenvalue weighted by molar-refractivity contribution is 0.349. The Labute approximate surface area is 123 Å². The fraction of sp³-hybridized carbons (Fsp3) is 0.500. The molecule has 20 heavy (non-hydrogen) atoms. The molecule has 0 bridgehead atoms. The van der Waals surface area contributed by atoms with E-state index in [1.807, 2.05) is 16.8 Å². The monoisotopic (exact) mass is 291 g/mol. The first-order valence-electron chi connectivity index (χ1n) is 6.79. The quantitative estimate of drug-likeness (QED) is 0.862. The van der Waals surface area contributed by atoms with Gasteiger partial charge in [-0.15, -0.1) is 5.10 Å². The highest BCUT2D eigenvalue weighted by Gasteiger charge is 2.34. The fourth-order valence-corrected chi connectivity index (χ4v) is 3.08. The van der Waals surface area contributed by atoms with Crippen LogP contribution in [0.1, 0.15) is 39.2 Å². The fourth-order valence-electron chi connectivity index (χ4n) is 2.90. The Morgan fingerprint density at radius 1 is 1.40 bits per heavy atom. The molecule has 1 aliphatic rings. The number of aromatic nitrogens is 4. The summed E-state index contributed by atoms with van der Waals surface area (Å²) in [7, 11) is 0. The zero-order valence-corrected chi connectivity index (χ0v) is 12.4. The van der Waals surface area contributed by atoms with E-state index >= 15 is 0 Å². The van der Waals surface area contributed by atoms with Crippen LogP contribution in [0.15, 0.2) is 18.2 Å². The van der Waals surface area contributed by atoms with Crippen molar-refractivity contribution >= 4 is 17.3 Å². The van der Waals surface area contributed by atoms with Crippen LogP contribution in [0.2, 0.25) is 5.02 Å². The molecule has 0 amide bonds. The van der Waals surface area contributed by atoms with Gasteiger partial charge in [0.1, 0.15) is 0 Å². The minimum Gasteiger partial charge on any atom is -0.398 e. The predicted octanol–water partition coefficient (Wildman–Crippen LogP) is 3.33. The lowest BCUT2D eigenvalue weighted by Gasteiger charge is -2.17. The van der Waals surface area contributed by atoms with Crippen molar-refractivity contribution in [3.05, 3.63) is 23.2 Å². The van der Waals surface area contributed by atoms with E-state index in [9.17, 15) is 0 Å². The summed E-state index contributed by atoms with van der Waals surface area (Å²) in [6.07, 6.45) is 3.39. The van der Waals surface area contributed by atoms with Crippen LogP contribution in [0.4, 0.5) is 5.69 Å². The van der Waals surface area contributed by atoms with E-state index in [1.165, 1.54) is 6.42 Å². The summed E-state index contributed by atoms with van der Waals surface area (Å²) < 4.78 is 1.93. The summed E-state index contributed by atoms with van der Waals surface area (Å²) >= 11 is 6.09. The maximum Gasteiger partial charge on any atom is 0.182 e. The molecule has 1 heterocycles. The predicted molar refractivity (Wildman–Crippen MR) is 79.3 cm³/mol. The van der Waals surface area contributed by atoms with Crippen molar-refractivity contribution in [1.82, 2.24) is 20.2 Å². The molecule has 1 fully saturated rings. The number of hydrogen-bond donors (Lipinski definition) is 1. The summed E-state index contributed by atoms with van der Waals surface area (Å²) in [5.41, 5.74) is 7.57. The Morgan fingerprint density at radius 3 is 2.85 bits per heavy atom. The molecule has 0 saturated heterocycles. The molecule has 6 heteroatoms. The van der Waals surface area contributed by atoms with Gasteiger partial charge >= 0.3 is 0 Å². The molecule has 0 aliphatic heterocycles. The third-order valence-electron chi connectivity index (χ3n) is 4.04. The number of rotatable bonds is 2. The number of halogens is 1. The van der Waals surface area contributed by atoms with Crippen LogP contribution in [0.25, 0.3) is 11.4 Å². The summed E-state index contributed by atoms with van der Waals surface area (Å²) in [6, 6.07) is 5.86. The largest absolute Gasteiger partial charge is 0.398 e. The van der Waals surface area contributed by atoms with E-state index in [1.54, 1.807) is 6.07 Å². The number of anilines is 1. The Bertz CT molecular complexity index is 634. The van der Waals surface area contributed by atoms with E-state index in [0.29, 0.717) is 22.2 Å². The van der Waals surface area contributed by atoms with Crippen molar-refractivity contribution in [1.29, 1.82) is 0 Å². The van der Waals surface area contributed by atoms with E-state index in [-0.39, 0.29) is 0 Å². The highest BCUT2D eigenvalue weighted by molar-refractivity contribution is 6.33. The van der Waals surface area contributed by atoms with Crippen molar-refractivity contribution in [2.45, 2.75) is 39.2 Å². The number of nitrogens with zero attached hydrogens (tertiary/aromatic N) is 4. The molecule has 106 valence electrons. The van der Waals surface area contributed by atoms with Crippen LogP contribution in [0.5, 0.6) is 0 Å². The van der Waals surface area contributed by atoms with Crippen molar-refractivity contribution in [2.75, 3.05) is 5.73 Å². The zero-order valence-electron chi connectivity index (χ0n) is 11.7. The molecule has 1 atom stereocenters. The van der Waals surface area contributed by atoms with Gasteiger partial charge in [0.25, 0.3) is 0 Å². The van der Waals surface area contributed by atoms with Crippen molar-refractivity contribution in [2.24, 2.45) is 5.41 Å². The molecule has 3 rings (SSSR count). The zero-order chi connectivity index (χ0) is 14.3. The van der Waals surface area contributed by atoms with Gasteiger partial charge in [-0.25, -0.2) is 4.68 Å². The van der Waals surface area contributed by atoms with Gasteiger partial charge in [0.2, 0.25) is 0 Å². The van der Waals surface area contributed by atoms with Crippen molar-refractivity contribution < 1.29 is 0 Å². The highest BCUT2D eigenvalue weighted by atomic mass is 35.5. The SMILES string of the molecule is CC1(C)CCC(n2nnnc2-c2ccc(N)c(Cl)c2)C1. The summed E-state index contributed by atoms with van der Waals surface area (Å²) in [6.45, 7) is 4.58. The van der Waals surface area contributed by atoms with E-state index in [2.05, 4.69) is 29.4 Å². The Balaban J connectivity index is 1.96. The van der Waals surface area contributed by atoms with Crippen LogP contribution in [0.3, 0.4) is 0 Å². The standard InChI is InChI=1S/C14H18ClN5/c1-14(2)6-5-10(8-14)20-13(17-18-19-20)9-3-4-12(16)11(15)7-9/h3-4,7,10H,5-6,8,16H2,1-2H3. The maximum absolute atomic E-state index is 6.09. The van der Waals surface area contributed by atoms with E-state index in [4.69, 9.17) is 17.3 Å². The van der Waals surface area contributed by atoms with Crippen LogP contribution in [-0.2, 0) is 0 Å². The average Bonchev–Trinajstić information content (AvgIpc) is 2.98. The second-order valence-electron chi connectivity index (χ2n) is 6.24. The van der Waals surface area contributed by atoms with Gasteiger partial charge in [-0.1, -0.05) is 25.4 Å². The van der Waals surface area contributed by atoms with Crippen LogP contribution in [0, 0.1) is 5.41 Å². The summed E-state index contributed by atoms with van der Waals surface area (Å²) in [5.74, 6) is 0.759. The maximum atomic E-state index is 6.09. The van der Waals surface area contributed by atoms with Crippen LogP contribution in [-0.4, -0.2) is 20.2 Å². The molecule has 1 unspecified atom stereocenters. The average molecular weight is 292 g/mol. The van der Waals surface area contributed by atoms with Gasteiger partial charge in [0.15, 0.2) is 5.82 Å². The first-order chi connectivity index (χ1) is 9.46. The minimum absolute atomic E-state index is 0.353. The number of benzene rings is 1. The summed E-state index contributed by atoms with van der Waals surface area (Å²) in [4.78, 5) is 0. The highest BCUT2D eigenvalue weighted by Crippen LogP contribution is 2.44. The third-order valence-corrected chi connectivity index (χ3v) is 4.37. The molecule has 2 aromatic rings.